The van der Waals surface area contributed by atoms with Gasteiger partial charge in [0, 0.05) is 44.6 Å². The maximum Gasteiger partial charge on any atom is 0.309 e. The molecule has 1 aromatic carbocycles. The van der Waals surface area contributed by atoms with Gasteiger partial charge in [-0.05, 0) is 42.5 Å². The van der Waals surface area contributed by atoms with E-state index in [0.29, 0.717) is 6.54 Å². The van der Waals surface area contributed by atoms with E-state index in [1.54, 1.807) is 0 Å². The largest absolute Gasteiger partial charge is 0.353 e. The van der Waals surface area contributed by atoms with Crippen LogP contribution in [0.2, 0.25) is 0 Å². The molecule has 1 unspecified atom stereocenters. The van der Waals surface area contributed by atoms with Crippen LogP contribution < -0.4 is 10.6 Å². The fourth-order valence-corrected chi connectivity index (χ4v) is 3.77. The molecule has 2 amide bonds. The molecular weight excluding hydrogens is 340 g/mol. The zero-order valence-electron chi connectivity index (χ0n) is 15.6. The summed E-state index contributed by atoms with van der Waals surface area (Å²) < 4.78 is 2.08. The summed E-state index contributed by atoms with van der Waals surface area (Å²) in [5.41, 5.74) is 3.87. The highest BCUT2D eigenvalue weighted by Crippen LogP contribution is 2.27. The van der Waals surface area contributed by atoms with Crippen LogP contribution in [0.3, 0.4) is 0 Å². The van der Waals surface area contributed by atoms with Gasteiger partial charge in [0.2, 0.25) is 0 Å². The lowest BCUT2D eigenvalue weighted by atomic mass is 9.98. The monoisotopic (exact) mass is 366 g/mol. The summed E-state index contributed by atoms with van der Waals surface area (Å²) >= 11 is 0. The number of nitrogens with zero attached hydrogens (tertiary/aromatic N) is 2. The number of aryl methyl sites for hydroxylation is 1. The van der Waals surface area contributed by atoms with Crippen molar-refractivity contribution in [2.45, 2.75) is 37.9 Å². The van der Waals surface area contributed by atoms with E-state index in [1.165, 1.54) is 11.1 Å². The quantitative estimate of drug-likeness (QED) is 0.789. The van der Waals surface area contributed by atoms with Gasteiger partial charge in [0.05, 0.1) is 6.04 Å². The maximum absolute atomic E-state index is 12.2. The van der Waals surface area contributed by atoms with Gasteiger partial charge < -0.3 is 15.2 Å². The first-order valence-corrected chi connectivity index (χ1v) is 9.62. The second-order valence-corrected chi connectivity index (χ2v) is 7.51. The third kappa shape index (κ3) is 4.06. The van der Waals surface area contributed by atoms with E-state index in [4.69, 9.17) is 0 Å². The van der Waals surface area contributed by atoms with Gasteiger partial charge in [-0.1, -0.05) is 24.3 Å². The van der Waals surface area contributed by atoms with Crippen molar-refractivity contribution in [3.05, 3.63) is 59.4 Å². The van der Waals surface area contributed by atoms with Gasteiger partial charge in [-0.3, -0.25) is 14.5 Å². The van der Waals surface area contributed by atoms with Crippen molar-refractivity contribution >= 4 is 11.8 Å². The highest BCUT2D eigenvalue weighted by Gasteiger charge is 2.29. The summed E-state index contributed by atoms with van der Waals surface area (Å²) in [5, 5.41) is 5.59. The predicted molar refractivity (Wildman–Crippen MR) is 103 cm³/mol. The third-order valence-electron chi connectivity index (χ3n) is 5.50. The fourth-order valence-electron chi connectivity index (χ4n) is 3.77. The molecule has 142 valence electrons. The number of aromatic nitrogens is 1. The minimum absolute atomic E-state index is 0.0241. The lowest BCUT2D eigenvalue weighted by molar-refractivity contribution is -0.139. The van der Waals surface area contributed by atoms with E-state index in [-0.39, 0.29) is 12.1 Å². The Morgan fingerprint density at radius 1 is 1.11 bits per heavy atom. The Bertz CT molecular complexity index is 840. The Hall–Kier alpha value is -2.60. The number of amides is 2. The molecule has 2 heterocycles. The second-order valence-electron chi connectivity index (χ2n) is 7.51. The van der Waals surface area contributed by atoms with Crippen LogP contribution in [-0.2, 0) is 29.6 Å². The van der Waals surface area contributed by atoms with Crippen molar-refractivity contribution in [1.82, 2.24) is 20.1 Å². The first-order chi connectivity index (χ1) is 13.1. The molecule has 1 fully saturated rings. The Labute approximate surface area is 159 Å². The van der Waals surface area contributed by atoms with Crippen LogP contribution in [0.4, 0.5) is 0 Å². The highest BCUT2D eigenvalue weighted by atomic mass is 16.2. The Kier molecular flexibility index (Phi) is 4.99. The molecule has 6 nitrogen and oxygen atoms in total. The zero-order chi connectivity index (χ0) is 18.8. The molecule has 1 aliphatic carbocycles. The molecule has 1 atom stereocenters. The van der Waals surface area contributed by atoms with Gasteiger partial charge in [0.25, 0.3) is 0 Å². The van der Waals surface area contributed by atoms with Crippen LogP contribution in [0.1, 0.15) is 35.7 Å². The number of benzene rings is 1. The van der Waals surface area contributed by atoms with Crippen molar-refractivity contribution in [2.24, 2.45) is 7.05 Å². The maximum atomic E-state index is 12.2. The standard InChI is InChI=1S/C21H26N4O2/c1-24-11-4-7-18(24)19(13-22-20(26)21(27)23-17-8-9-17)25-12-10-15-5-2-3-6-16(15)14-25/h2-7,11,17,19H,8-10,12-14H2,1H3,(H,22,26)(H,23,27). The van der Waals surface area contributed by atoms with E-state index >= 15 is 0 Å². The summed E-state index contributed by atoms with van der Waals surface area (Å²) in [4.78, 5) is 26.5. The molecular formula is C21H26N4O2. The van der Waals surface area contributed by atoms with Gasteiger partial charge in [0.15, 0.2) is 0 Å². The molecule has 2 aromatic rings. The van der Waals surface area contributed by atoms with E-state index < -0.39 is 11.8 Å². The number of rotatable bonds is 5. The molecule has 0 radical (unpaired) electrons. The van der Waals surface area contributed by atoms with Crippen molar-refractivity contribution in [2.75, 3.05) is 13.1 Å². The van der Waals surface area contributed by atoms with E-state index in [0.717, 1.165) is 38.0 Å². The number of carbonyl (C=O) groups is 2. The first-order valence-electron chi connectivity index (χ1n) is 9.62. The van der Waals surface area contributed by atoms with Crippen LogP contribution in [0.5, 0.6) is 0 Å². The lowest BCUT2D eigenvalue weighted by Gasteiger charge is -2.36. The minimum Gasteiger partial charge on any atom is -0.353 e. The molecule has 0 saturated heterocycles. The molecule has 4 rings (SSSR count). The lowest BCUT2D eigenvalue weighted by Crippen LogP contribution is -2.45. The van der Waals surface area contributed by atoms with E-state index in [9.17, 15) is 9.59 Å². The molecule has 2 aliphatic rings. The SMILES string of the molecule is Cn1cccc1C(CNC(=O)C(=O)NC1CC1)N1CCc2ccccc2C1. The summed E-state index contributed by atoms with van der Waals surface area (Å²) in [6.07, 6.45) is 4.95. The molecule has 0 spiro atoms. The van der Waals surface area contributed by atoms with Gasteiger partial charge in [-0.15, -0.1) is 0 Å². The van der Waals surface area contributed by atoms with Gasteiger partial charge >= 0.3 is 11.8 Å². The predicted octanol–water partition coefficient (Wildman–Crippen LogP) is 1.52. The molecule has 6 heteroatoms. The van der Waals surface area contributed by atoms with Crippen molar-refractivity contribution in [3.63, 3.8) is 0 Å². The molecule has 2 N–H and O–H groups in total. The molecule has 1 saturated carbocycles. The average molecular weight is 366 g/mol. The van der Waals surface area contributed by atoms with Crippen LogP contribution >= 0.6 is 0 Å². The normalized spacial score (nSPS) is 17.8. The van der Waals surface area contributed by atoms with Crippen molar-refractivity contribution < 1.29 is 9.59 Å². The molecule has 0 bridgehead atoms. The number of carbonyl (C=O) groups excluding carboxylic acids is 2. The van der Waals surface area contributed by atoms with Crippen LogP contribution in [0.15, 0.2) is 42.6 Å². The smallest absolute Gasteiger partial charge is 0.309 e. The Balaban J connectivity index is 1.47. The summed E-state index contributed by atoms with van der Waals surface area (Å²) in [6.45, 7) is 2.18. The molecule has 1 aromatic heterocycles. The average Bonchev–Trinajstić information content (AvgIpc) is 3.40. The Morgan fingerprint density at radius 3 is 2.59 bits per heavy atom. The highest BCUT2D eigenvalue weighted by molar-refractivity contribution is 6.35. The fraction of sp³-hybridized carbons (Fsp3) is 0.429. The van der Waals surface area contributed by atoms with Crippen LogP contribution in [-0.4, -0.2) is 40.4 Å². The second kappa shape index (κ2) is 7.56. The zero-order valence-corrected chi connectivity index (χ0v) is 15.6. The summed E-state index contributed by atoms with van der Waals surface area (Å²) in [7, 11) is 2.02. The molecule has 1 aliphatic heterocycles. The summed E-state index contributed by atoms with van der Waals surface area (Å²) in [5.74, 6) is -1.06. The number of nitrogens with one attached hydrogen (secondary N) is 2. The number of fused-ring (bicyclic) bond motifs is 1. The van der Waals surface area contributed by atoms with Gasteiger partial charge in [0.1, 0.15) is 0 Å². The Morgan fingerprint density at radius 2 is 1.89 bits per heavy atom. The minimum atomic E-state index is -0.543. The van der Waals surface area contributed by atoms with E-state index in [2.05, 4.69) is 50.4 Å². The number of hydrogen-bond donors (Lipinski definition) is 2. The van der Waals surface area contributed by atoms with Crippen molar-refractivity contribution in [1.29, 1.82) is 0 Å². The topological polar surface area (TPSA) is 66.4 Å². The third-order valence-corrected chi connectivity index (χ3v) is 5.50. The van der Waals surface area contributed by atoms with Crippen LogP contribution in [0, 0.1) is 0 Å². The number of hydrogen-bond acceptors (Lipinski definition) is 3. The van der Waals surface area contributed by atoms with Gasteiger partial charge in [-0.25, -0.2) is 0 Å². The van der Waals surface area contributed by atoms with E-state index in [1.807, 2.05) is 19.3 Å². The van der Waals surface area contributed by atoms with Gasteiger partial charge in [-0.2, -0.15) is 0 Å². The molecule has 27 heavy (non-hydrogen) atoms. The van der Waals surface area contributed by atoms with Crippen LogP contribution in [0.25, 0.3) is 0 Å². The van der Waals surface area contributed by atoms with Crippen molar-refractivity contribution in [3.8, 4) is 0 Å². The summed E-state index contributed by atoms with van der Waals surface area (Å²) in [6, 6.07) is 12.8. The first kappa shape index (κ1) is 17.8.